The number of hydrogen-bond acceptors (Lipinski definition) is 4. The smallest absolute Gasteiger partial charge is 0.406 e. The van der Waals surface area contributed by atoms with Crippen molar-refractivity contribution >= 4 is 6.09 Å². The van der Waals surface area contributed by atoms with Crippen LogP contribution >= 0.6 is 0 Å². The van der Waals surface area contributed by atoms with E-state index in [1.165, 1.54) is 52.9 Å². The molecule has 2 aliphatic rings. The van der Waals surface area contributed by atoms with Crippen LogP contribution < -0.4 is 5.32 Å². The van der Waals surface area contributed by atoms with Crippen LogP contribution in [0.3, 0.4) is 0 Å². The van der Waals surface area contributed by atoms with Crippen molar-refractivity contribution in [1.82, 2.24) is 10.2 Å². The predicted octanol–water partition coefficient (Wildman–Crippen LogP) is 1.85. The van der Waals surface area contributed by atoms with Gasteiger partial charge < -0.3 is 15.2 Å². The molecule has 0 saturated carbocycles. The van der Waals surface area contributed by atoms with Crippen LogP contribution in [-0.4, -0.2) is 55.5 Å². The molecule has 0 unspecified atom stereocenters. The first-order valence-corrected chi connectivity index (χ1v) is 6.80. The van der Waals surface area contributed by atoms with Gasteiger partial charge in [-0.25, -0.2) is 4.79 Å². The van der Waals surface area contributed by atoms with E-state index in [0.29, 0.717) is 6.61 Å². The molecular weight excluding hydrogens is 232 g/mol. The highest BCUT2D eigenvalue weighted by molar-refractivity contribution is 5.66. The summed E-state index contributed by atoms with van der Waals surface area (Å²) in [6.07, 6.45) is 4.63. The molecule has 1 amide bonds. The second-order valence-corrected chi connectivity index (χ2v) is 4.32. The molecule has 2 fully saturated rings. The van der Waals surface area contributed by atoms with Crippen LogP contribution in [0, 0.1) is 0 Å². The molecule has 0 spiro atoms. The minimum Gasteiger partial charge on any atom is -0.453 e. The zero-order chi connectivity index (χ0) is 14.0. The normalized spacial score (nSPS) is 19.8. The average Bonchev–Trinajstić information content (AvgIpc) is 3.00. The molecule has 0 atom stereocenters. The Kier molecular flexibility index (Phi) is 8.75. The van der Waals surface area contributed by atoms with Gasteiger partial charge in [0.05, 0.1) is 13.7 Å². The van der Waals surface area contributed by atoms with Crippen LogP contribution in [0.5, 0.6) is 0 Å². The fourth-order valence-corrected chi connectivity index (χ4v) is 2.59. The van der Waals surface area contributed by atoms with E-state index in [-0.39, 0.29) is 6.97 Å². The van der Waals surface area contributed by atoms with E-state index in [2.05, 4.69) is 15.0 Å². The highest BCUT2D eigenvalue weighted by atomic mass is 16.5. The second-order valence-electron chi connectivity index (χ2n) is 4.32. The van der Waals surface area contributed by atoms with E-state index < -0.39 is 6.09 Å². The van der Waals surface area contributed by atoms with Crippen molar-refractivity contribution < 1.29 is 16.1 Å². The van der Waals surface area contributed by atoms with Crippen molar-refractivity contribution in [1.29, 1.82) is 0 Å². The summed E-state index contributed by atoms with van der Waals surface area (Å²) < 4.78 is 4.15. The maximum absolute atomic E-state index is 9.85. The first-order chi connectivity index (χ1) is 8.68. The summed E-state index contributed by atoms with van der Waals surface area (Å²) >= 11 is 0. The Morgan fingerprint density at radius 3 is 2.11 bits per heavy atom. The number of ether oxygens (including phenoxy) is 1. The molecule has 2 aliphatic heterocycles. The lowest BCUT2D eigenvalue weighted by atomic mass is 9.96. The molecule has 0 bridgehead atoms. The number of methoxy groups -OCH3 is 1. The molecule has 0 aromatic rings. The molecule has 2 N–H and O–H groups in total. The Morgan fingerprint density at radius 1 is 1.39 bits per heavy atom. The summed E-state index contributed by atoms with van der Waals surface area (Å²) in [5.41, 5.74) is 0.236. The lowest BCUT2D eigenvalue weighted by Crippen LogP contribution is -2.41. The number of aliphatic hydroxyl groups is 1. The summed E-state index contributed by atoms with van der Waals surface area (Å²) in [5.74, 6) is 0. The van der Waals surface area contributed by atoms with Crippen molar-refractivity contribution in [2.45, 2.75) is 45.1 Å². The number of alkyl carbamates (subject to hydrolysis) is 1. The number of carbonyl (C=O) groups is 1. The highest BCUT2D eigenvalue weighted by Gasteiger charge is 2.43. The van der Waals surface area contributed by atoms with E-state index in [1.54, 1.807) is 0 Å². The third-order valence-corrected chi connectivity index (χ3v) is 3.49. The fraction of sp³-hybridized carbons (Fsp3) is 0.923. The summed E-state index contributed by atoms with van der Waals surface area (Å²) in [7, 11) is 2.82. The van der Waals surface area contributed by atoms with Crippen LogP contribution in [-0.2, 0) is 4.74 Å². The fourth-order valence-electron chi connectivity index (χ4n) is 2.59. The van der Waals surface area contributed by atoms with Gasteiger partial charge in [0.15, 0.2) is 0 Å². The first kappa shape index (κ1) is 17.2. The quantitative estimate of drug-likeness (QED) is 0.757. The molecule has 2 saturated heterocycles. The van der Waals surface area contributed by atoms with Crippen LogP contribution in [0.1, 0.15) is 41.0 Å². The van der Waals surface area contributed by atoms with Gasteiger partial charge in [0.25, 0.3) is 0 Å². The topological polar surface area (TPSA) is 61.8 Å². The average molecular weight is 262 g/mol. The van der Waals surface area contributed by atoms with Gasteiger partial charge in [-0.05, 0) is 38.8 Å². The van der Waals surface area contributed by atoms with Crippen LogP contribution in [0.25, 0.3) is 0 Å². The Balaban J connectivity index is 0. The second kappa shape index (κ2) is 9.16. The number of aliphatic hydroxyl groups excluding tert-OH is 1. The van der Waals surface area contributed by atoms with Crippen molar-refractivity contribution in [3.05, 3.63) is 0 Å². The minimum absolute atomic E-state index is 0. The molecule has 5 heteroatoms. The van der Waals surface area contributed by atoms with Gasteiger partial charge >= 0.3 is 6.09 Å². The third-order valence-electron chi connectivity index (χ3n) is 3.49. The summed E-state index contributed by atoms with van der Waals surface area (Å²) in [6, 6.07) is 0. The molecular formula is C13H30N2O3. The van der Waals surface area contributed by atoms with Gasteiger partial charge in [-0.2, -0.15) is 0 Å². The van der Waals surface area contributed by atoms with Crippen molar-refractivity contribution in [3.8, 4) is 0 Å². The molecule has 110 valence electrons. The molecule has 0 radical (unpaired) electrons. The lowest BCUT2D eigenvalue weighted by molar-refractivity contribution is 0.0999. The molecule has 0 aromatic heterocycles. The number of nitrogens with zero attached hydrogens (tertiary/aromatic N) is 1. The van der Waals surface area contributed by atoms with Crippen LogP contribution in [0.4, 0.5) is 4.79 Å². The molecule has 18 heavy (non-hydrogen) atoms. The number of amides is 1. The van der Waals surface area contributed by atoms with Gasteiger partial charge in [-0.15, -0.1) is 0 Å². The van der Waals surface area contributed by atoms with Crippen LogP contribution in [0.15, 0.2) is 0 Å². The largest absolute Gasteiger partial charge is 0.453 e. The van der Waals surface area contributed by atoms with E-state index in [0.717, 1.165) is 0 Å². The summed E-state index contributed by atoms with van der Waals surface area (Å²) in [5, 5.41) is 11.4. The predicted molar refractivity (Wildman–Crippen MR) is 74.8 cm³/mol. The van der Waals surface area contributed by atoms with E-state index in [9.17, 15) is 9.90 Å². The number of nitrogens with one attached hydrogen (secondary N) is 1. The van der Waals surface area contributed by atoms with Gasteiger partial charge in [0.1, 0.15) is 0 Å². The van der Waals surface area contributed by atoms with Crippen molar-refractivity contribution in [2.75, 3.05) is 33.9 Å². The van der Waals surface area contributed by atoms with Crippen molar-refractivity contribution in [2.24, 2.45) is 0 Å². The van der Waals surface area contributed by atoms with Crippen molar-refractivity contribution in [3.63, 3.8) is 0 Å². The highest BCUT2D eigenvalue weighted by Crippen LogP contribution is 2.37. The van der Waals surface area contributed by atoms with Crippen LogP contribution in [0.2, 0.25) is 0 Å². The summed E-state index contributed by atoms with van der Waals surface area (Å²) in [4.78, 5) is 12.3. The molecule has 0 aliphatic carbocycles. The van der Waals surface area contributed by atoms with Gasteiger partial charge in [0.2, 0.25) is 0 Å². The van der Waals surface area contributed by atoms with Gasteiger partial charge in [0, 0.05) is 14.0 Å². The van der Waals surface area contributed by atoms with Gasteiger partial charge in [-0.1, -0.05) is 13.8 Å². The molecule has 0 aromatic carbocycles. The third kappa shape index (κ3) is 4.46. The maximum Gasteiger partial charge on any atom is 0.406 e. The minimum atomic E-state index is -0.407. The Hall–Kier alpha value is -0.810. The monoisotopic (exact) mass is 262 g/mol. The SMILES string of the molecule is CC.CNC(=O)OC.OCC12CCCN1CCC2.[HH]. The number of hydrogen-bond donors (Lipinski definition) is 2. The Morgan fingerprint density at radius 2 is 1.89 bits per heavy atom. The van der Waals surface area contributed by atoms with E-state index >= 15 is 0 Å². The summed E-state index contributed by atoms with van der Waals surface area (Å²) in [6.45, 7) is 6.83. The first-order valence-electron chi connectivity index (χ1n) is 6.80. The standard InChI is InChI=1S/C8H15NO.C3H7NO2.C2H6.H2/c10-7-8-3-1-5-9(8)6-2-4-8;1-4-3(5)6-2;1-2;/h10H,1-7H2;1-2H3,(H,4,5);1-2H3;1H. The zero-order valence-corrected chi connectivity index (χ0v) is 12.2. The van der Waals surface area contributed by atoms with E-state index in [4.69, 9.17) is 0 Å². The molecule has 5 nitrogen and oxygen atoms in total. The zero-order valence-electron chi connectivity index (χ0n) is 12.2. The maximum atomic E-state index is 9.85. The Bertz CT molecular complexity index is 224. The number of carbonyl (C=O) groups excluding carboxylic acids is 1. The van der Waals surface area contributed by atoms with Gasteiger partial charge in [-0.3, -0.25) is 4.90 Å². The lowest BCUT2D eigenvalue weighted by Gasteiger charge is -2.29. The Labute approximate surface area is 112 Å². The van der Waals surface area contributed by atoms with E-state index in [1.807, 2.05) is 13.8 Å². The number of rotatable bonds is 1. The molecule has 2 rings (SSSR count). The number of fused-ring (bicyclic) bond motifs is 1. The molecule has 2 heterocycles.